The number of urea groups is 1. The van der Waals surface area contributed by atoms with E-state index >= 15 is 0 Å². The average molecular weight is 290 g/mol. The molecule has 0 radical (unpaired) electrons. The molecule has 0 unspecified atom stereocenters. The Bertz CT molecular complexity index is 558. The van der Waals surface area contributed by atoms with Crippen molar-refractivity contribution in [3.8, 4) is 5.75 Å². The maximum Gasteiger partial charge on any atom is 0.328 e. The molecule has 2 N–H and O–H groups in total. The van der Waals surface area contributed by atoms with Crippen LogP contribution in [0, 0.1) is 11.3 Å². The number of ether oxygens (including phenoxy) is 1. The van der Waals surface area contributed by atoms with Gasteiger partial charge in [0, 0.05) is 0 Å². The third-order valence-corrected chi connectivity index (χ3v) is 3.60. The van der Waals surface area contributed by atoms with Gasteiger partial charge in [-0.25, -0.2) is 4.79 Å². The number of methoxy groups -OCH3 is 1. The molecule has 2 rings (SSSR count). The molecule has 0 atom stereocenters. The summed E-state index contributed by atoms with van der Waals surface area (Å²) in [6.07, 6.45) is 0.524. The minimum Gasteiger partial charge on any atom is -0.497 e. The van der Waals surface area contributed by atoms with E-state index in [0.717, 1.165) is 11.3 Å². The molecule has 6 nitrogen and oxygen atoms in total. The van der Waals surface area contributed by atoms with Crippen LogP contribution < -0.4 is 15.4 Å². The molecule has 0 aliphatic carbocycles. The predicted octanol–water partition coefficient (Wildman–Crippen LogP) is 1.25. The van der Waals surface area contributed by atoms with Gasteiger partial charge in [0.1, 0.15) is 11.7 Å². The zero-order valence-corrected chi connectivity index (χ0v) is 12.2. The summed E-state index contributed by atoms with van der Waals surface area (Å²) in [4.78, 5) is 35.0. The molecular formula is C15H18N2O4. The van der Waals surface area contributed by atoms with Crippen LogP contribution in [-0.4, -0.2) is 25.0 Å². The fourth-order valence-electron chi connectivity index (χ4n) is 2.60. The topological polar surface area (TPSA) is 84.5 Å². The Kier molecular flexibility index (Phi) is 3.97. The van der Waals surface area contributed by atoms with Crippen LogP contribution >= 0.6 is 0 Å². The molecule has 1 heterocycles. The highest BCUT2D eigenvalue weighted by Gasteiger charge is 2.44. The highest BCUT2D eigenvalue weighted by Crippen LogP contribution is 2.33. The first-order chi connectivity index (χ1) is 9.83. The zero-order chi connectivity index (χ0) is 15.6. The highest BCUT2D eigenvalue weighted by molar-refractivity contribution is 6.16. The fraction of sp³-hybridized carbons (Fsp3) is 0.400. The molecule has 1 aromatic carbocycles. The van der Waals surface area contributed by atoms with Crippen molar-refractivity contribution in [2.75, 3.05) is 7.11 Å². The lowest BCUT2D eigenvalue weighted by Crippen LogP contribution is -2.59. The molecule has 0 aromatic heterocycles. The minimum absolute atomic E-state index is 0.524. The second kappa shape index (κ2) is 5.55. The number of nitrogens with one attached hydrogen (secondary N) is 2. The monoisotopic (exact) mass is 290 g/mol. The van der Waals surface area contributed by atoms with E-state index in [-0.39, 0.29) is 0 Å². The molecule has 6 heteroatoms. The van der Waals surface area contributed by atoms with E-state index in [1.165, 1.54) is 0 Å². The van der Waals surface area contributed by atoms with Crippen molar-refractivity contribution in [3.63, 3.8) is 0 Å². The van der Waals surface area contributed by atoms with Crippen molar-refractivity contribution < 1.29 is 19.1 Å². The number of hydrogen-bond donors (Lipinski definition) is 2. The highest BCUT2D eigenvalue weighted by atomic mass is 16.5. The molecular weight excluding hydrogens is 272 g/mol. The number of benzene rings is 1. The molecule has 1 fully saturated rings. The number of rotatable bonds is 4. The maximum absolute atomic E-state index is 11.9. The van der Waals surface area contributed by atoms with E-state index in [0.29, 0.717) is 6.42 Å². The molecule has 4 amide bonds. The van der Waals surface area contributed by atoms with E-state index in [1.807, 2.05) is 38.1 Å². The molecule has 0 bridgehead atoms. The van der Waals surface area contributed by atoms with Crippen molar-refractivity contribution in [2.45, 2.75) is 20.3 Å². The van der Waals surface area contributed by atoms with E-state index in [1.54, 1.807) is 7.11 Å². The number of carbonyl (C=O) groups excluding carboxylic acids is 3. The summed E-state index contributed by atoms with van der Waals surface area (Å²) in [6, 6.07) is 6.68. The van der Waals surface area contributed by atoms with Crippen molar-refractivity contribution in [2.24, 2.45) is 11.3 Å². The van der Waals surface area contributed by atoms with E-state index in [9.17, 15) is 14.4 Å². The Morgan fingerprint density at radius 3 is 2.05 bits per heavy atom. The summed E-state index contributed by atoms with van der Waals surface area (Å²) in [5.74, 6) is -1.27. The molecule has 112 valence electrons. The Balaban J connectivity index is 2.18. The molecule has 1 saturated heterocycles. The van der Waals surface area contributed by atoms with Gasteiger partial charge in [0.15, 0.2) is 0 Å². The normalized spacial score (nSPS) is 16.4. The molecule has 1 aliphatic heterocycles. The van der Waals surface area contributed by atoms with Gasteiger partial charge in [-0.05, 0) is 29.5 Å². The van der Waals surface area contributed by atoms with Crippen LogP contribution in [0.4, 0.5) is 4.79 Å². The number of hydrogen-bond acceptors (Lipinski definition) is 4. The lowest BCUT2D eigenvalue weighted by atomic mass is 9.73. The molecule has 1 aromatic rings. The third-order valence-electron chi connectivity index (χ3n) is 3.60. The van der Waals surface area contributed by atoms with Gasteiger partial charge in [-0.15, -0.1) is 0 Å². The summed E-state index contributed by atoms with van der Waals surface area (Å²) in [5, 5.41) is 4.28. The lowest BCUT2D eigenvalue weighted by Gasteiger charge is -2.34. The first-order valence-electron chi connectivity index (χ1n) is 6.62. The van der Waals surface area contributed by atoms with E-state index in [4.69, 9.17) is 4.74 Å². The van der Waals surface area contributed by atoms with Gasteiger partial charge in [0.2, 0.25) is 11.8 Å². The second-order valence-electron chi connectivity index (χ2n) is 5.75. The smallest absolute Gasteiger partial charge is 0.328 e. The Morgan fingerprint density at radius 1 is 1.05 bits per heavy atom. The van der Waals surface area contributed by atoms with Crippen molar-refractivity contribution in [1.82, 2.24) is 10.6 Å². The summed E-state index contributed by atoms with van der Waals surface area (Å²) < 4.78 is 5.10. The zero-order valence-electron chi connectivity index (χ0n) is 12.2. The fourth-order valence-corrected chi connectivity index (χ4v) is 2.60. The first-order valence-corrected chi connectivity index (χ1v) is 6.62. The SMILES string of the molecule is COc1ccc(CC(C)(C)C2C(=O)NC(=O)NC2=O)cc1. The van der Waals surface area contributed by atoms with Gasteiger partial charge in [-0.2, -0.15) is 0 Å². The molecule has 0 saturated carbocycles. The molecule has 1 aliphatic rings. The van der Waals surface area contributed by atoms with Crippen molar-refractivity contribution in [3.05, 3.63) is 29.8 Å². The van der Waals surface area contributed by atoms with Gasteiger partial charge in [-0.3, -0.25) is 20.2 Å². The summed E-state index contributed by atoms with van der Waals surface area (Å²) in [7, 11) is 1.59. The summed E-state index contributed by atoms with van der Waals surface area (Å²) in [6.45, 7) is 3.66. The predicted molar refractivity (Wildman–Crippen MR) is 75.7 cm³/mol. The van der Waals surface area contributed by atoms with Crippen LogP contribution in [0.1, 0.15) is 19.4 Å². The van der Waals surface area contributed by atoms with Gasteiger partial charge in [0.05, 0.1) is 7.11 Å². The number of imide groups is 2. The Morgan fingerprint density at radius 2 is 1.57 bits per heavy atom. The van der Waals surface area contributed by atoms with Gasteiger partial charge < -0.3 is 4.74 Å². The van der Waals surface area contributed by atoms with Crippen LogP contribution in [-0.2, 0) is 16.0 Å². The van der Waals surface area contributed by atoms with Crippen LogP contribution in [0.15, 0.2) is 24.3 Å². The summed E-state index contributed by atoms with van der Waals surface area (Å²) in [5.41, 5.74) is 0.363. The Hall–Kier alpha value is -2.37. The quantitative estimate of drug-likeness (QED) is 0.817. The van der Waals surface area contributed by atoms with E-state index in [2.05, 4.69) is 10.6 Å². The summed E-state index contributed by atoms with van der Waals surface area (Å²) >= 11 is 0. The van der Waals surface area contributed by atoms with Gasteiger partial charge in [0.25, 0.3) is 0 Å². The Labute approximate surface area is 122 Å². The maximum atomic E-state index is 11.9. The van der Waals surface area contributed by atoms with Gasteiger partial charge in [-0.1, -0.05) is 26.0 Å². The number of amides is 4. The van der Waals surface area contributed by atoms with Crippen LogP contribution in [0.2, 0.25) is 0 Å². The standard InChI is InChI=1S/C15H18N2O4/c1-15(2,8-9-4-6-10(21-3)7-5-9)11-12(18)16-14(20)17-13(11)19/h4-7,11H,8H2,1-3H3,(H2,16,17,18,19,20). The van der Waals surface area contributed by atoms with Crippen LogP contribution in [0.3, 0.4) is 0 Å². The number of barbiturate groups is 1. The van der Waals surface area contributed by atoms with E-state index < -0.39 is 29.2 Å². The largest absolute Gasteiger partial charge is 0.497 e. The van der Waals surface area contributed by atoms with Crippen molar-refractivity contribution >= 4 is 17.8 Å². The molecule has 21 heavy (non-hydrogen) atoms. The lowest BCUT2D eigenvalue weighted by molar-refractivity contribution is -0.140. The average Bonchev–Trinajstić information content (AvgIpc) is 2.37. The van der Waals surface area contributed by atoms with Crippen molar-refractivity contribution in [1.29, 1.82) is 0 Å². The van der Waals surface area contributed by atoms with Crippen LogP contribution in [0.25, 0.3) is 0 Å². The first kappa shape index (κ1) is 15.0. The van der Waals surface area contributed by atoms with Crippen LogP contribution in [0.5, 0.6) is 5.75 Å². The molecule has 0 spiro atoms. The van der Waals surface area contributed by atoms with Gasteiger partial charge >= 0.3 is 6.03 Å². The number of carbonyl (C=O) groups is 3. The third kappa shape index (κ3) is 3.21. The second-order valence-corrected chi connectivity index (χ2v) is 5.75. The minimum atomic E-state index is -0.905.